The molecule has 3 nitrogen and oxygen atoms in total. The lowest BCUT2D eigenvalue weighted by Crippen LogP contribution is -2.40. The van der Waals surface area contributed by atoms with Crippen molar-refractivity contribution in [3.63, 3.8) is 0 Å². The fraction of sp³-hybridized carbons (Fsp3) is 0.600. The Labute approximate surface area is 111 Å². The zero-order valence-electron chi connectivity index (χ0n) is 12.1. The van der Waals surface area contributed by atoms with Crippen LogP contribution >= 0.6 is 0 Å². The first-order valence-electron chi connectivity index (χ1n) is 6.76. The normalized spacial score (nSPS) is 13.6. The van der Waals surface area contributed by atoms with Crippen molar-refractivity contribution in [3.05, 3.63) is 35.4 Å². The van der Waals surface area contributed by atoms with Gasteiger partial charge in [0.2, 0.25) is 0 Å². The van der Waals surface area contributed by atoms with Gasteiger partial charge >= 0.3 is 0 Å². The highest BCUT2D eigenvalue weighted by Crippen LogP contribution is 2.25. The van der Waals surface area contributed by atoms with Gasteiger partial charge in [-0.15, -0.1) is 0 Å². The molecule has 0 heterocycles. The minimum absolute atomic E-state index is 0.116. The molecule has 4 N–H and O–H groups in total. The van der Waals surface area contributed by atoms with Crippen LogP contribution in [0.1, 0.15) is 51.2 Å². The Bertz CT molecular complexity index is 343. The minimum atomic E-state index is 0.116. The van der Waals surface area contributed by atoms with Gasteiger partial charge < -0.3 is 5.32 Å². The average Bonchev–Trinajstić information content (AvgIpc) is 2.38. The van der Waals surface area contributed by atoms with Crippen LogP contribution in [0.15, 0.2) is 24.3 Å². The van der Waals surface area contributed by atoms with Gasteiger partial charge in [-0.05, 0) is 23.5 Å². The Kier molecular flexibility index (Phi) is 5.79. The maximum absolute atomic E-state index is 5.25. The SMILES string of the molecule is CCC(C)c1ccc(C(C)(C)CNCNN)cc1. The summed E-state index contributed by atoms with van der Waals surface area (Å²) in [6.45, 7) is 10.5. The highest BCUT2D eigenvalue weighted by Gasteiger charge is 2.20. The van der Waals surface area contributed by atoms with Crippen molar-refractivity contribution in [2.45, 2.75) is 45.4 Å². The summed E-state index contributed by atoms with van der Waals surface area (Å²) in [7, 11) is 0. The van der Waals surface area contributed by atoms with Crippen LogP contribution in [0.3, 0.4) is 0 Å². The highest BCUT2D eigenvalue weighted by atomic mass is 15.3. The van der Waals surface area contributed by atoms with Crippen LogP contribution in [-0.2, 0) is 5.41 Å². The van der Waals surface area contributed by atoms with E-state index in [4.69, 9.17) is 5.84 Å². The summed E-state index contributed by atoms with van der Waals surface area (Å²) in [5.74, 6) is 5.89. The Morgan fingerprint density at radius 1 is 1.22 bits per heavy atom. The maximum Gasteiger partial charge on any atom is 0.0587 e. The molecule has 1 aromatic rings. The Hall–Kier alpha value is -0.900. The number of hydrogen-bond donors (Lipinski definition) is 3. The van der Waals surface area contributed by atoms with Gasteiger partial charge in [0.05, 0.1) is 6.67 Å². The molecule has 0 saturated carbocycles. The summed E-state index contributed by atoms with van der Waals surface area (Å²) in [6, 6.07) is 9.01. The summed E-state index contributed by atoms with van der Waals surface area (Å²) in [4.78, 5) is 0. The number of benzene rings is 1. The van der Waals surface area contributed by atoms with E-state index < -0.39 is 0 Å². The smallest absolute Gasteiger partial charge is 0.0587 e. The van der Waals surface area contributed by atoms with Gasteiger partial charge in [-0.1, -0.05) is 52.0 Å². The summed E-state index contributed by atoms with van der Waals surface area (Å²) in [5.41, 5.74) is 5.51. The van der Waals surface area contributed by atoms with Crippen LogP contribution in [0.25, 0.3) is 0 Å². The summed E-state index contributed by atoms with van der Waals surface area (Å²) in [6.07, 6.45) is 1.19. The van der Waals surface area contributed by atoms with Gasteiger partial charge in [-0.2, -0.15) is 0 Å². The van der Waals surface area contributed by atoms with E-state index >= 15 is 0 Å². The summed E-state index contributed by atoms with van der Waals surface area (Å²) in [5, 5.41) is 3.29. The second-order valence-electron chi connectivity index (χ2n) is 5.62. The molecule has 0 amide bonds. The van der Waals surface area contributed by atoms with E-state index in [1.165, 1.54) is 17.5 Å². The van der Waals surface area contributed by atoms with E-state index in [9.17, 15) is 0 Å². The van der Waals surface area contributed by atoms with E-state index in [1.807, 2.05) is 0 Å². The first kappa shape index (κ1) is 15.2. The largest absolute Gasteiger partial charge is 0.303 e. The molecule has 3 heteroatoms. The van der Waals surface area contributed by atoms with E-state index in [0.717, 1.165) is 6.54 Å². The Morgan fingerprint density at radius 3 is 2.33 bits per heavy atom. The molecule has 1 aromatic carbocycles. The number of nitrogens with one attached hydrogen (secondary N) is 2. The van der Waals surface area contributed by atoms with Crippen molar-refractivity contribution in [3.8, 4) is 0 Å². The molecule has 0 aliphatic rings. The fourth-order valence-electron chi connectivity index (χ4n) is 2.05. The third kappa shape index (κ3) is 4.09. The predicted molar refractivity (Wildman–Crippen MR) is 78.4 cm³/mol. The lowest BCUT2D eigenvalue weighted by Gasteiger charge is -2.26. The molecule has 0 aliphatic heterocycles. The van der Waals surface area contributed by atoms with Gasteiger partial charge in [0.25, 0.3) is 0 Å². The highest BCUT2D eigenvalue weighted by molar-refractivity contribution is 5.30. The van der Waals surface area contributed by atoms with Crippen molar-refractivity contribution in [1.29, 1.82) is 0 Å². The molecule has 0 aliphatic carbocycles. The molecule has 18 heavy (non-hydrogen) atoms. The van der Waals surface area contributed by atoms with Crippen molar-refractivity contribution >= 4 is 0 Å². The first-order chi connectivity index (χ1) is 8.51. The van der Waals surface area contributed by atoms with E-state index in [1.54, 1.807) is 0 Å². The lowest BCUT2D eigenvalue weighted by molar-refractivity contribution is 0.454. The van der Waals surface area contributed by atoms with Gasteiger partial charge in [-0.25, -0.2) is 5.43 Å². The van der Waals surface area contributed by atoms with Crippen molar-refractivity contribution in [2.75, 3.05) is 13.2 Å². The van der Waals surface area contributed by atoms with Crippen LogP contribution in [0, 0.1) is 0 Å². The van der Waals surface area contributed by atoms with Gasteiger partial charge in [0.1, 0.15) is 0 Å². The van der Waals surface area contributed by atoms with Gasteiger partial charge in [0, 0.05) is 12.0 Å². The van der Waals surface area contributed by atoms with Crippen molar-refractivity contribution in [1.82, 2.24) is 10.7 Å². The molecular formula is C15H27N3. The minimum Gasteiger partial charge on any atom is -0.303 e. The van der Waals surface area contributed by atoms with Crippen LogP contribution in [0.4, 0.5) is 0 Å². The lowest BCUT2D eigenvalue weighted by atomic mass is 9.83. The molecule has 0 bridgehead atoms. The van der Waals surface area contributed by atoms with Crippen LogP contribution in [0.2, 0.25) is 0 Å². The molecule has 1 rings (SSSR count). The fourth-order valence-corrected chi connectivity index (χ4v) is 2.05. The number of rotatable bonds is 7. The quantitative estimate of drug-likeness (QED) is 0.301. The van der Waals surface area contributed by atoms with Crippen LogP contribution in [-0.4, -0.2) is 13.2 Å². The summed E-state index contributed by atoms with van der Waals surface area (Å²) < 4.78 is 0. The molecule has 1 unspecified atom stereocenters. The standard InChI is InChI=1S/C15H27N3/c1-5-12(2)13-6-8-14(9-7-13)15(3,4)10-17-11-18-16/h6-9,12,17-18H,5,10-11,16H2,1-4H3. The monoisotopic (exact) mass is 249 g/mol. The number of hydrazine groups is 1. The molecule has 0 radical (unpaired) electrons. The number of hydrogen-bond acceptors (Lipinski definition) is 3. The van der Waals surface area contributed by atoms with Gasteiger partial charge in [0.15, 0.2) is 0 Å². The molecular weight excluding hydrogens is 222 g/mol. The van der Waals surface area contributed by atoms with E-state index in [0.29, 0.717) is 12.6 Å². The Balaban J connectivity index is 2.71. The van der Waals surface area contributed by atoms with Crippen LogP contribution in [0.5, 0.6) is 0 Å². The molecule has 0 fully saturated rings. The second kappa shape index (κ2) is 6.88. The van der Waals surface area contributed by atoms with Crippen molar-refractivity contribution < 1.29 is 0 Å². The molecule has 0 aromatic heterocycles. The maximum atomic E-state index is 5.25. The third-order valence-electron chi connectivity index (χ3n) is 3.67. The van der Waals surface area contributed by atoms with E-state index in [2.05, 4.69) is 62.7 Å². The first-order valence-corrected chi connectivity index (χ1v) is 6.76. The predicted octanol–water partition coefficient (Wildman–Crippen LogP) is 2.49. The van der Waals surface area contributed by atoms with E-state index in [-0.39, 0.29) is 5.41 Å². The zero-order chi connectivity index (χ0) is 13.6. The average molecular weight is 249 g/mol. The molecule has 102 valence electrons. The Morgan fingerprint density at radius 2 is 1.83 bits per heavy atom. The zero-order valence-corrected chi connectivity index (χ0v) is 12.1. The van der Waals surface area contributed by atoms with Crippen LogP contribution < -0.4 is 16.6 Å². The molecule has 0 saturated heterocycles. The summed E-state index contributed by atoms with van der Waals surface area (Å²) >= 11 is 0. The van der Waals surface area contributed by atoms with Crippen molar-refractivity contribution in [2.24, 2.45) is 5.84 Å². The second-order valence-corrected chi connectivity index (χ2v) is 5.62. The topological polar surface area (TPSA) is 50.1 Å². The molecule has 0 spiro atoms. The third-order valence-corrected chi connectivity index (χ3v) is 3.67. The number of nitrogens with two attached hydrogens (primary N) is 1. The van der Waals surface area contributed by atoms with Gasteiger partial charge in [-0.3, -0.25) is 5.84 Å². The molecule has 1 atom stereocenters.